The van der Waals surface area contributed by atoms with Crippen LogP contribution in [0.4, 0.5) is 5.69 Å². The first-order valence-electron chi connectivity index (χ1n) is 7.88. The van der Waals surface area contributed by atoms with Crippen LogP contribution in [0.2, 0.25) is 0 Å². The molecule has 0 saturated heterocycles. The maximum Gasteiger partial charge on any atom is 0.172 e. The van der Waals surface area contributed by atoms with Gasteiger partial charge in [0, 0.05) is 6.20 Å². The van der Waals surface area contributed by atoms with Gasteiger partial charge in [0.25, 0.3) is 0 Å². The van der Waals surface area contributed by atoms with Crippen LogP contribution >= 0.6 is 0 Å². The monoisotopic (exact) mass is 343 g/mol. The molecule has 1 aromatic heterocycles. The molecule has 3 rings (SSSR count). The van der Waals surface area contributed by atoms with E-state index in [1.807, 2.05) is 48.5 Å². The average Bonchev–Trinajstić information content (AvgIpc) is 2.69. The number of aromatic carboxylic acids is 1. The Kier molecular flexibility index (Phi) is 5.47. The van der Waals surface area contributed by atoms with E-state index in [2.05, 4.69) is 20.5 Å². The molecule has 0 aliphatic heterocycles. The van der Waals surface area contributed by atoms with E-state index in [1.54, 1.807) is 24.5 Å². The second kappa shape index (κ2) is 8.34. The van der Waals surface area contributed by atoms with Crippen molar-refractivity contribution in [1.29, 1.82) is 0 Å². The zero-order valence-electron chi connectivity index (χ0n) is 13.7. The van der Waals surface area contributed by atoms with Gasteiger partial charge in [-0.25, -0.2) is 4.99 Å². The lowest BCUT2D eigenvalue weighted by Gasteiger charge is -2.05. The number of pyridine rings is 1. The van der Waals surface area contributed by atoms with Crippen LogP contribution in [0, 0.1) is 0 Å². The highest BCUT2D eigenvalue weighted by atomic mass is 16.4. The molecule has 6 nitrogen and oxygen atoms in total. The van der Waals surface area contributed by atoms with Crippen LogP contribution in [0.15, 0.2) is 89.1 Å². The van der Waals surface area contributed by atoms with Crippen LogP contribution in [0.3, 0.4) is 0 Å². The van der Waals surface area contributed by atoms with Crippen molar-refractivity contribution >= 4 is 23.7 Å². The molecule has 2 aromatic carbocycles. The van der Waals surface area contributed by atoms with Gasteiger partial charge < -0.3 is 9.90 Å². The predicted octanol–water partition coefficient (Wildman–Crippen LogP) is 2.15. The predicted molar refractivity (Wildman–Crippen MR) is 98.4 cm³/mol. The van der Waals surface area contributed by atoms with E-state index in [4.69, 9.17) is 0 Å². The smallest absolute Gasteiger partial charge is 0.172 e. The minimum absolute atomic E-state index is 0.120. The van der Waals surface area contributed by atoms with Crippen molar-refractivity contribution < 1.29 is 9.90 Å². The molecule has 0 fully saturated rings. The molecule has 0 amide bonds. The molecule has 0 saturated carbocycles. The summed E-state index contributed by atoms with van der Waals surface area (Å²) >= 11 is 0. The molecule has 0 bridgehead atoms. The Labute approximate surface area is 150 Å². The zero-order valence-corrected chi connectivity index (χ0v) is 13.7. The number of nitrogens with zero attached hydrogens (tertiary/aromatic N) is 3. The van der Waals surface area contributed by atoms with E-state index in [1.165, 1.54) is 12.1 Å². The number of hydrazone groups is 1. The summed E-state index contributed by atoms with van der Waals surface area (Å²) in [6.07, 6.45) is 3.25. The Balaban J connectivity index is 1.80. The van der Waals surface area contributed by atoms with Gasteiger partial charge in [0.1, 0.15) is 5.69 Å². The van der Waals surface area contributed by atoms with Crippen molar-refractivity contribution in [3.63, 3.8) is 0 Å². The molecule has 3 aromatic rings. The van der Waals surface area contributed by atoms with Crippen molar-refractivity contribution in [3.05, 3.63) is 95.8 Å². The number of benzene rings is 2. The van der Waals surface area contributed by atoms with E-state index < -0.39 is 5.97 Å². The molecular weight excluding hydrogens is 328 g/mol. The van der Waals surface area contributed by atoms with Crippen LogP contribution in [0.25, 0.3) is 0 Å². The number of aliphatic imine (C=N–C) groups is 1. The van der Waals surface area contributed by atoms with E-state index >= 15 is 0 Å². The summed E-state index contributed by atoms with van der Waals surface area (Å²) < 4.78 is 0. The normalized spacial score (nSPS) is 11.5. The number of carbonyl (C=O) groups excluding carboxylic acids is 1. The van der Waals surface area contributed by atoms with Gasteiger partial charge in [-0.2, -0.15) is 5.10 Å². The molecule has 6 heteroatoms. The highest BCUT2D eigenvalue weighted by Gasteiger charge is 2.03. The lowest BCUT2D eigenvalue weighted by Crippen LogP contribution is -2.22. The van der Waals surface area contributed by atoms with Crippen LogP contribution in [-0.4, -0.2) is 23.0 Å². The van der Waals surface area contributed by atoms with E-state index in [9.17, 15) is 9.90 Å². The molecule has 0 aliphatic rings. The van der Waals surface area contributed by atoms with Gasteiger partial charge in [-0.3, -0.25) is 10.4 Å². The third kappa shape index (κ3) is 4.61. The average molecular weight is 343 g/mol. The lowest BCUT2D eigenvalue weighted by molar-refractivity contribution is -0.255. The summed E-state index contributed by atoms with van der Waals surface area (Å²) in [7, 11) is 0. The summed E-state index contributed by atoms with van der Waals surface area (Å²) in [6, 6.07) is 21.2. The molecule has 0 atom stereocenters. The number of aromatic nitrogens is 1. The summed E-state index contributed by atoms with van der Waals surface area (Å²) in [5.41, 5.74) is 5.18. The standard InChI is InChI=1S/C20H16N4O2/c25-20(26)16-11-9-15(10-12-16)14-22-24-19(18-8-4-5-13-21-18)23-17-6-2-1-3-7-17/h1-14H,(H,23,24)(H,25,26)/p-1/b22-14-. The first-order valence-corrected chi connectivity index (χ1v) is 7.88. The molecule has 26 heavy (non-hydrogen) atoms. The molecule has 0 radical (unpaired) electrons. The maximum atomic E-state index is 10.8. The van der Waals surface area contributed by atoms with Gasteiger partial charge in [-0.15, -0.1) is 0 Å². The SMILES string of the molecule is O=C([O-])c1ccc(/C=N\NC(=Nc2ccccc2)c2ccccn2)cc1. The summed E-state index contributed by atoms with van der Waals surface area (Å²) in [4.78, 5) is 19.6. The fourth-order valence-corrected chi connectivity index (χ4v) is 2.15. The number of para-hydroxylation sites is 1. The van der Waals surface area contributed by atoms with Gasteiger partial charge in [0.05, 0.1) is 17.9 Å². The van der Waals surface area contributed by atoms with Crippen LogP contribution < -0.4 is 10.5 Å². The number of nitrogens with one attached hydrogen (secondary N) is 1. The summed E-state index contributed by atoms with van der Waals surface area (Å²) in [6.45, 7) is 0. The zero-order chi connectivity index (χ0) is 18.2. The van der Waals surface area contributed by atoms with E-state index in [0.29, 0.717) is 11.5 Å². The van der Waals surface area contributed by atoms with E-state index in [-0.39, 0.29) is 5.56 Å². The second-order valence-corrected chi connectivity index (χ2v) is 5.29. The summed E-state index contributed by atoms with van der Waals surface area (Å²) in [5.74, 6) is -0.710. The Morgan fingerprint density at radius 2 is 1.69 bits per heavy atom. The number of hydrogen-bond donors (Lipinski definition) is 1. The molecule has 1 N–H and O–H groups in total. The number of carbonyl (C=O) groups is 1. The number of amidine groups is 1. The quantitative estimate of drug-likeness (QED) is 0.437. The first-order chi connectivity index (χ1) is 12.7. The number of carboxylic acid groups (broad SMARTS) is 1. The lowest BCUT2D eigenvalue weighted by atomic mass is 10.1. The topological polar surface area (TPSA) is 89.8 Å². The van der Waals surface area contributed by atoms with Crippen molar-refractivity contribution in [2.75, 3.05) is 0 Å². The van der Waals surface area contributed by atoms with E-state index in [0.717, 1.165) is 11.3 Å². The second-order valence-electron chi connectivity index (χ2n) is 5.29. The molecule has 0 aliphatic carbocycles. The molecular formula is C20H15N4O2-. The Hall–Kier alpha value is -3.80. The molecule has 1 heterocycles. The number of rotatable bonds is 5. The molecule has 128 valence electrons. The van der Waals surface area contributed by atoms with Gasteiger partial charge >= 0.3 is 0 Å². The van der Waals surface area contributed by atoms with Gasteiger partial charge in [-0.05, 0) is 35.4 Å². The van der Waals surface area contributed by atoms with Crippen molar-refractivity contribution in [1.82, 2.24) is 10.4 Å². The minimum atomic E-state index is -1.21. The fraction of sp³-hybridized carbons (Fsp3) is 0. The third-order valence-electron chi connectivity index (χ3n) is 3.44. The van der Waals surface area contributed by atoms with Crippen molar-refractivity contribution in [3.8, 4) is 0 Å². The number of carboxylic acids is 1. The van der Waals surface area contributed by atoms with Gasteiger partial charge in [0.15, 0.2) is 5.84 Å². The summed E-state index contributed by atoms with van der Waals surface area (Å²) in [5, 5.41) is 14.9. The largest absolute Gasteiger partial charge is 0.545 e. The van der Waals surface area contributed by atoms with Gasteiger partial charge in [0.2, 0.25) is 0 Å². The van der Waals surface area contributed by atoms with Crippen LogP contribution in [0.5, 0.6) is 0 Å². The Morgan fingerprint density at radius 1 is 0.962 bits per heavy atom. The highest BCUT2D eigenvalue weighted by molar-refractivity contribution is 5.99. The fourth-order valence-electron chi connectivity index (χ4n) is 2.15. The maximum absolute atomic E-state index is 10.8. The molecule has 0 spiro atoms. The minimum Gasteiger partial charge on any atom is -0.545 e. The van der Waals surface area contributed by atoms with Crippen molar-refractivity contribution in [2.24, 2.45) is 10.1 Å². The first kappa shape index (κ1) is 17.0. The molecule has 0 unspecified atom stereocenters. The van der Waals surface area contributed by atoms with Crippen LogP contribution in [0.1, 0.15) is 21.6 Å². The van der Waals surface area contributed by atoms with Crippen LogP contribution in [-0.2, 0) is 0 Å². The highest BCUT2D eigenvalue weighted by Crippen LogP contribution is 2.11. The Morgan fingerprint density at radius 3 is 2.35 bits per heavy atom. The van der Waals surface area contributed by atoms with Gasteiger partial charge in [-0.1, -0.05) is 48.5 Å². The van der Waals surface area contributed by atoms with Crippen molar-refractivity contribution in [2.45, 2.75) is 0 Å². The number of hydrogen-bond acceptors (Lipinski definition) is 5. The Bertz CT molecular complexity index is 921. The third-order valence-corrected chi connectivity index (χ3v) is 3.44.